The Hall–Kier alpha value is -1.47. The van der Waals surface area contributed by atoms with Gasteiger partial charge in [0.2, 0.25) is 12.3 Å². The maximum Gasteiger partial charge on any atom is 0.228 e. The van der Waals surface area contributed by atoms with Crippen molar-refractivity contribution in [2.24, 2.45) is 5.92 Å². The van der Waals surface area contributed by atoms with E-state index >= 15 is 0 Å². The first-order valence-corrected chi connectivity index (χ1v) is 9.70. The van der Waals surface area contributed by atoms with Crippen LogP contribution in [0.4, 0.5) is 5.13 Å². The molecule has 3 rings (SSSR count). The quantitative estimate of drug-likeness (QED) is 0.825. The first-order valence-electron chi connectivity index (χ1n) is 8.82. The minimum absolute atomic E-state index is 0.142. The topological polar surface area (TPSA) is 65.5 Å². The Kier molecular flexibility index (Phi) is 5.84. The molecule has 1 aromatic heterocycles. The number of anilines is 1. The smallest absolute Gasteiger partial charge is 0.228 e. The van der Waals surface area contributed by atoms with Gasteiger partial charge in [0.15, 0.2) is 5.13 Å². The number of hydrogen-bond acceptors (Lipinski definition) is 5. The van der Waals surface area contributed by atoms with Crippen LogP contribution in [-0.4, -0.2) is 59.3 Å². The highest BCUT2D eigenvalue weighted by Crippen LogP contribution is 2.24. The van der Waals surface area contributed by atoms with Crippen molar-refractivity contribution in [3.05, 3.63) is 11.1 Å². The van der Waals surface area contributed by atoms with Gasteiger partial charge in [0.05, 0.1) is 12.1 Å². The summed E-state index contributed by atoms with van der Waals surface area (Å²) >= 11 is 1.35. The average Bonchev–Trinajstić information content (AvgIpc) is 3.03. The number of rotatable bonds is 5. The zero-order valence-corrected chi connectivity index (χ0v) is 15.1. The van der Waals surface area contributed by atoms with Crippen molar-refractivity contribution in [1.29, 1.82) is 0 Å². The standard InChI is InChI=1S/C17H26N4O2S/c1-13-2-6-20(7-3-13)15-4-8-21(9-5-15)16(23)10-14-11-24-17(19-14)18-12-22/h11-13,15H,2-10H2,1H3,(H,18,19,22). The first-order chi connectivity index (χ1) is 11.7. The molecule has 0 saturated carbocycles. The Labute approximate surface area is 147 Å². The molecule has 3 heterocycles. The van der Waals surface area contributed by atoms with Crippen LogP contribution in [0.5, 0.6) is 0 Å². The maximum absolute atomic E-state index is 12.4. The lowest BCUT2D eigenvalue weighted by atomic mass is 9.95. The highest BCUT2D eigenvalue weighted by molar-refractivity contribution is 7.13. The molecule has 2 amide bonds. The van der Waals surface area contributed by atoms with E-state index in [1.54, 1.807) is 0 Å². The predicted molar refractivity (Wildman–Crippen MR) is 95.1 cm³/mol. The summed E-state index contributed by atoms with van der Waals surface area (Å²) < 4.78 is 0. The molecule has 1 aromatic rings. The van der Waals surface area contributed by atoms with E-state index in [1.807, 2.05) is 10.3 Å². The van der Waals surface area contributed by atoms with Gasteiger partial charge in [-0.3, -0.25) is 9.59 Å². The van der Waals surface area contributed by atoms with Gasteiger partial charge in [0.1, 0.15) is 0 Å². The summed E-state index contributed by atoms with van der Waals surface area (Å²) in [5.41, 5.74) is 0.737. The molecule has 0 radical (unpaired) electrons. The third-order valence-corrected chi connectivity index (χ3v) is 6.04. The van der Waals surface area contributed by atoms with Crippen LogP contribution in [0, 0.1) is 5.92 Å². The molecule has 0 atom stereocenters. The molecule has 0 aliphatic carbocycles. The summed E-state index contributed by atoms with van der Waals surface area (Å²) in [7, 11) is 0. The number of piperidine rings is 2. The average molecular weight is 350 g/mol. The molecule has 0 aromatic carbocycles. The lowest BCUT2D eigenvalue weighted by molar-refractivity contribution is -0.132. The van der Waals surface area contributed by atoms with Crippen LogP contribution < -0.4 is 5.32 Å². The Morgan fingerprint density at radius 2 is 2.00 bits per heavy atom. The van der Waals surface area contributed by atoms with Crippen molar-refractivity contribution >= 4 is 28.8 Å². The van der Waals surface area contributed by atoms with Crippen molar-refractivity contribution in [1.82, 2.24) is 14.8 Å². The van der Waals surface area contributed by atoms with Gasteiger partial charge in [-0.15, -0.1) is 11.3 Å². The molecule has 2 saturated heterocycles. The Balaban J connectivity index is 1.45. The van der Waals surface area contributed by atoms with Gasteiger partial charge < -0.3 is 15.1 Å². The molecule has 0 bridgehead atoms. The van der Waals surface area contributed by atoms with E-state index in [1.165, 1.54) is 37.3 Å². The number of carbonyl (C=O) groups is 2. The minimum Gasteiger partial charge on any atom is -0.342 e. The highest BCUT2D eigenvalue weighted by Gasteiger charge is 2.28. The van der Waals surface area contributed by atoms with Crippen molar-refractivity contribution in [3.63, 3.8) is 0 Å². The van der Waals surface area contributed by atoms with Crippen LogP contribution in [0.15, 0.2) is 5.38 Å². The second-order valence-corrected chi connectivity index (χ2v) is 7.77. The van der Waals surface area contributed by atoms with Crippen molar-refractivity contribution in [3.8, 4) is 0 Å². The molecule has 1 N–H and O–H groups in total. The fourth-order valence-corrected chi connectivity index (χ4v) is 4.32. The second kappa shape index (κ2) is 8.07. The summed E-state index contributed by atoms with van der Waals surface area (Å²) in [6.07, 6.45) is 5.70. The zero-order chi connectivity index (χ0) is 16.9. The third-order valence-electron chi connectivity index (χ3n) is 5.22. The van der Waals surface area contributed by atoms with Gasteiger partial charge in [0, 0.05) is 24.5 Å². The molecule has 2 aliphatic rings. The monoisotopic (exact) mass is 350 g/mol. The molecule has 0 unspecified atom stereocenters. The second-order valence-electron chi connectivity index (χ2n) is 6.91. The van der Waals surface area contributed by atoms with Crippen molar-refractivity contribution in [2.75, 3.05) is 31.5 Å². The highest BCUT2D eigenvalue weighted by atomic mass is 32.1. The number of amides is 2. The molecule has 132 valence electrons. The first kappa shape index (κ1) is 17.4. The number of likely N-dealkylation sites (tertiary alicyclic amines) is 2. The van der Waals surface area contributed by atoms with Crippen molar-refractivity contribution < 1.29 is 9.59 Å². The number of aromatic nitrogens is 1. The summed E-state index contributed by atoms with van der Waals surface area (Å²) in [4.78, 5) is 31.7. The molecule has 7 heteroatoms. The van der Waals surface area contributed by atoms with Gasteiger partial charge in [0.25, 0.3) is 0 Å². The molecule has 2 aliphatic heterocycles. The summed E-state index contributed by atoms with van der Waals surface area (Å²) in [6.45, 7) is 6.46. The number of hydrogen-bond donors (Lipinski definition) is 1. The summed E-state index contributed by atoms with van der Waals surface area (Å²) in [6, 6.07) is 0.643. The van der Waals surface area contributed by atoms with Crippen LogP contribution in [-0.2, 0) is 16.0 Å². The molecular weight excluding hydrogens is 324 g/mol. The van der Waals surface area contributed by atoms with Gasteiger partial charge in [-0.2, -0.15) is 0 Å². The molecule has 2 fully saturated rings. The summed E-state index contributed by atoms with van der Waals surface area (Å²) in [5.74, 6) is 1.00. The number of nitrogens with one attached hydrogen (secondary N) is 1. The van der Waals surface area contributed by atoms with Crippen LogP contribution in [0.3, 0.4) is 0 Å². The predicted octanol–water partition coefficient (Wildman–Crippen LogP) is 1.98. The largest absolute Gasteiger partial charge is 0.342 e. The molecular formula is C17H26N4O2S. The minimum atomic E-state index is 0.142. The van der Waals surface area contributed by atoms with Gasteiger partial charge in [-0.25, -0.2) is 4.98 Å². The lowest BCUT2D eigenvalue weighted by Gasteiger charge is -2.41. The lowest BCUT2D eigenvalue weighted by Crippen LogP contribution is -2.49. The number of thiazole rings is 1. The number of carbonyl (C=O) groups excluding carboxylic acids is 2. The SMILES string of the molecule is CC1CCN(C2CCN(C(=O)Cc3csc(NC=O)n3)CC2)CC1. The van der Waals surface area contributed by atoms with Crippen LogP contribution in [0.2, 0.25) is 0 Å². The van der Waals surface area contributed by atoms with E-state index in [-0.39, 0.29) is 5.91 Å². The zero-order valence-electron chi connectivity index (χ0n) is 14.2. The third kappa shape index (κ3) is 4.33. The van der Waals surface area contributed by atoms with Crippen LogP contribution in [0.25, 0.3) is 0 Å². The maximum atomic E-state index is 12.4. The summed E-state index contributed by atoms with van der Waals surface area (Å²) in [5, 5.41) is 4.91. The van der Waals surface area contributed by atoms with E-state index in [0.29, 0.717) is 24.0 Å². The molecule has 24 heavy (non-hydrogen) atoms. The van der Waals surface area contributed by atoms with E-state index in [9.17, 15) is 9.59 Å². The van der Waals surface area contributed by atoms with E-state index in [4.69, 9.17) is 0 Å². The van der Waals surface area contributed by atoms with Crippen LogP contribution >= 0.6 is 11.3 Å². The fourth-order valence-electron chi connectivity index (χ4n) is 3.65. The van der Waals surface area contributed by atoms with E-state index < -0.39 is 0 Å². The normalized spacial score (nSPS) is 21.0. The van der Waals surface area contributed by atoms with Gasteiger partial charge in [-0.1, -0.05) is 6.92 Å². The van der Waals surface area contributed by atoms with E-state index in [2.05, 4.69) is 22.1 Å². The number of nitrogens with zero attached hydrogens (tertiary/aromatic N) is 3. The van der Waals surface area contributed by atoms with E-state index in [0.717, 1.165) is 37.5 Å². The molecule has 0 spiro atoms. The van der Waals surface area contributed by atoms with Crippen molar-refractivity contribution in [2.45, 2.75) is 45.1 Å². The fraction of sp³-hybridized carbons (Fsp3) is 0.706. The van der Waals surface area contributed by atoms with Crippen LogP contribution in [0.1, 0.15) is 38.3 Å². The Morgan fingerprint density at radius 3 is 2.67 bits per heavy atom. The van der Waals surface area contributed by atoms with Gasteiger partial charge >= 0.3 is 0 Å². The molecule has 6 nitrogen and oxygen atoms in total. The van der Waals surface area contributed by atoms with Gasteiger partial charge in [-0.05, 0) is 44.7 Å². The Bertz CT molecular complexity index is 561. The Morgan fingerprint density at radius 1 is 1.29 bits per heavy atom.